The summed E-state index contributed by atoms with van der Waals surface area (Å²) in [4.78, 5) is 26.0. The van der Waals surface area contributed by atoms with Gasteiger partial charge < -0.3 is 10.2 Å². The summed E-state index contributed by atoms with van der Waals surface area (Å²) in [6, 6.07) is 0.0121. The smallest absolute Gasteiger partial charge is 0.248 e. The normalized spacial score (nSPS) is 35.9. The van der Waals surface area contributed by atoms with E-state index in [0.717, 1.165) is 12.8 Å². The van der Waals surface area contributed by atoms with Crippen LogP contribution in [0.5, 0.6) is 0 Å². The first-order chi connectivity index (χ1) is 7.49. The molecule has 2 amide bonds. The second kappa shape index (κ2) is 3.75. The molecule has 0 aromatic carbocycles. The van der Waals surface area contributed by atoms with Gasteiger partial charge in [-0.1, -0.05) is 0 Å². The number of amides is 2. The van der Waals surface area contributed by atoms with Crippen LogP contribution in [0, 0.1) is 5.92 Å². The van der Waals surface area contributed by atoms with Gasteiger partial charge in [-0.3, -0.25) is 9.59 Å². The highest BCUT2D eigenvalue weighted by atomic mass is 16.2. The Morgan fingerprint density at radius 3 is 2.56 bits per heavy atom. The molecule has 1 saturated carbocycles. The maximum Gasteiger partial charge on any atom is 0.248 e. The van der Waals surface area contributed by atoms with Gasteiger partial charge in [0.1, 0.15) is 5.54 Å². The molecule has 2 unspecified atom stereocenters. The lowest BCUT2D eigenvalue weighted by molar-refractivity contribution is -0.140. The molecule has 2 fully saturated rings. The van der Waals surface area contributed by atoms with E-state index < -0.39 is 5.54 Å². The number of carbonyl (C=O) groups excluding carboxylic acids is 2. The standard InChI is InChI=1S/C12H20N2O2/c1-4-14-8(2)7-10(15)13-12(3,11(14)16)9-5-6-9/h8-9H,4-7H2,1-3H3,(H,13,15). The van der Waals surface area contributed by atoms with Gasteiger partial charge in [-0.25, -0.2) is 0 Å². The van der Waals surface area contributed by atoms with Crippen LogP contribution in [-0.4, -0.2) is 34.8 Å². The van der Waals surface area contributed by atoms with E-state index in [4.69, 9.17) is 0 Å². The van der Waals surface area contributed by atoms with Gasteiger partial charge in [-0.05, 0) is 39.5 Å². The second-order valence-corrected chi connectivity index (χ2v) is 5.17. The summed E-state index contributed by atoms with van der Waals surface area (Å²) in [5, 5.41) is 2.93. The van der Waals surface area contributed by atoms with Gasteiger partial charge in [0, 0.05) is 19.0 Å². The van der Waals surface area contributed by atoms with Crippen LogP contribution in [0.1, 0.15) is 40.0 Å². The number of nitrogens with zero attached hydrogens (tertiary/aromatic N) is 1. The Morgan fingerprint density at radius 2 is 2.06 bits per heavy atom. The fourth-order valence-corrected chi connectivity index (χ4v) is 2.66. The average Bonchev–Trinajstić information content (AvgIpc) is 2.99. The minimum atomic E-state index is -0.655. The summed E-state index contributed by atoms with van der Waals surface area (Å²) in [6.45, 7) is 6.47. The molecule has 0 bridgehead atoms. The van der Waals surface area contributed by atoms with Crippen molar-refractivity contribution in [2.75, 3.05) is 6.54 Å². The number of hydrogen-bond donors (Lipinski definition) is 1. The molecule has 1 saturated heterocycles. The highest BCUT2D eigenvalue weighted by Gasteiger charge is 2.51. The van der Waals surface area contributed by atoms with E-state index in [9.17, 15) is 9.59 Å². The highest BCUT2D eigenvalue weighted by molar-refractivity contribution is 5.94. The van der Waals surface area contributed by atoms with Gasteiger partial charge in [0.05, 0.1) is 0 Å². The van der Waals surface area contributed by atoms with Gasteiger partial charge in [0.2, 0.25) is 11.8 Å². The molecule has 2 atom stereocenters. The Hall–Kier alpha value is -1.06. The summed E-state index contributed by atoms with van der Waals surface area (Å²) >= 11 is 0. The molecule has 0 radical (unpaired) electrons. The zero-order valence-corrected chi connectivity index (χ0v) is 10.2. The minimum Gasteiger partial charge on any atom is -0.342 e. The zero-order valence-electron chi connectivity index (χ0n) is 10.2. The molecule has 2 aliphatic rings. The third-order valence-electron chi connectivity index (χ3n) is 3.85. The van der Waals surface area contributed by atoms with E-state index in [1.165, 1.54) is 0 Å². The molecule has 0 spiro atoms. The molecule has 2 rings (SSSR count). The minimum absolute atomic E-state index is 0.00574. The summed E-state index contributed by atoms with van der Waals surface area (Å²) in [7, 11) is 0. The number of rotatable bonds is 2. The summed E-state index contributed by atoms with van der Waals surface area (Å²) < 4.78 is 0. The summed E-state index contributed by atoms with van der Waals surface area (Å²) in [6.07, 6.45) is 2.52. The van der Waals surface area contributed by atoms with Crippen molar-refractivity contribution in [2.24, 2.45) is 5.92 Å². The topological polar surface area (TPSA) is 49.4 Å². The molecule has 16 heavy (non-hydrogen) atoms. The predicted octanol–water partition coefficient (Wildman–Crippen LogP) is 0.912. The molecule has 1 aliphatic carbocycles. The van der Waals surface area contributed by atoms with E-state index in [1.807, 2.05) is 25.7 Å². The average molecular weight is 224 g/mol. The van der Waals surface area contributed by atoms with Crippen molar-refractivity contribution in [3.8, 4) is 0 Å². The molecule has 1 aliphatic heterocycles. The van der Waals surface area contributed by atoms with Crippen molar-refractivity contribution in [3.63, 3.8) is 0 Å². The van der Waals surface area contributed by atoms with Crippen LogP contribution >= 0.6 is 0 Å². The van der Waals surface area contributed by atoms with Crippen molar-refractivity contribution in [1.29, 1.82) is 0 Å². The number of hydrogen-bond acceptors (Lipinski definition) is 2. The Kier molecular flexibility index (Phi) is 2.68. The van der Waals surface area contributed by atoms with Crippen molar-refractivity contribution in [1.82, 2.24) is 10.2 Å². The fourth-order valence-electron chi connectivity index (χ4n) is 2.66. The van der Waals surface area contributed by atoms with Crippen molar-refractivity contribution in [2.45, 2.75) is 51.6 Å². The molecule has 0 aromatic rings. The lowest BCUT2D eigenvalue weighted by atomic mass is 9.94. The van der Waals surface area contributed by atoms with Gasteiger partial charge in [-0.2, -0.15) is 0 Å². The first-order valence-corrected chi connectivity index (χ1v) is 6.11. The van der Waals surface area contributed by atoms with Gasteiger partial charge in [0.15, 0.2) is 0 Å². The van der Waals surface area contributed by atoms with E-state index in [1.54, 1.807) is 0 Å². The Labute approximate surface area is 96.4 Å². The fraction of sp³-hybridized carbons (Fsp3) is 0.833. The largest absolute Gasteiger partial charge is 0.342 e. The molecular formula is C12H20N2O2. The van der Waals surface area contributed by atoms with Crippen LogP contribution in [0.3, 0.4) is 0 Å². The van der Waals surface area contributed by atoms with Gasteiger partial charge >= 0.3 is 0 Å². The quantitative estimate of drug-likeness (QED) is 0.758. The van der Waals surface area contributed by atoms with E-state index >= 15 is 0 Å². The van der Waals surface area contributed by atoms with Gasteiger partial charge in [0.25, 0.3) is 0 Å². The Balaban J connectivity index is 2.30. The monoisotopic (exact) mass is 224 g/mol. The van der Waals surface area contributed by atoms with Crippen LogP contribution in [0.15, 0.2) is 0 Å². The third kappa shape index (κ3) is 1.70. The number of nitrogens with one attached hydrogen (secondary N) is 1. The van der Waals surface area contributed by atoms with Crippen LogP contribution in [-0.2, 0) is 9.59 Å². The van der Waals surface area contributed by atoms with Crippen molar-refractivity contribution < 1.29 is 9.59 Å². The van der Waals surface area contributed by atoms with Crippen molar-refractivity contribution in [3.05, 3.63) is 0 Å². The zero-order chi connectivity index (χ0) is 11.9. The molecule has 1 N–H and O–H groups in total. The first-order valence-electron chi connectivity index (χ1n) is 6.11. The lowest BCUT2D eigenvalue weighted by Gasteiger charge is -2.33. The molecule has 0 aromatic heterocycles. The SMILES string of the molecule is CCN1C(=O)C(C)(C2CC2)NC(=O)CC1C. The third-order valence-corrected chi connectivity index (χ3v) is 3.85. The second-order valence-electron chi connectivity index (χ2n) is 5.17. The lowest BCUT2D eigenvalue weighted by Crippen LogP contribution is -2.57. The summed E-state index contributed by atoms with van der Waals surface area (Å²) in [5.41, 5.74) is -0.655. The van der Waals surface area contributed by atoms with Crippen LogP contribution in [0.2, 0.25) is 0 Å². The molecule has 90 valence electrons. The molecule has 1 heterocycles. The van der Waals surface area contributed by atoms with Crippen LogP contribution < -0.4 is 5.32 Å². The van der Waals surface area contributed by atoms with E-state index in [2.05, 4.69) is 5.32 Å². The Bertz CT molecular complexity index is 325. The Morgan fingerprint density at radius 1 is 1.44 bits per heavy atom. The predicted molar refractivity (Wildman–Crippen MR) is 60.7 cm³/mol. The molecule has 4 nitrogen and oxygen atoms in total. The van der Waals surface area contributed by atoms with E-state index in [-0.39, 0.29) is 17.9 Å². The molecule has 4 heteroatoms. The van der Waals surface area contributed by atoms with E-state index in [0.29, 0.717) is 18.9 Å². The first kappa shape index (κ1) is 11.4. The molecular weight excluding hydrogens is 204 g/mol. The van der Waals surface area contributed by atoms with Crippen molar-refractivity contribution >= 4 is 11.8 Å². The van der Waals surface area contributed by atoms with Crippen LogP contribution in [0.4, 0.5) is 0 Å². The maximum absolute atomic E-state index is 12.4. The van der Waals surface area contributed by atoms with Crippen LogP contribution in [0.25, 0.3) is 0 Å². The number of carbonyl (C=O) groups is 2. The number of likely N-dealkylation sites (N-methyl/N-ethyl adjacent to an activating group) is 1. The highest BCUT2D eigenvalue weighted by Crippen LogP contribution is 2.41. The summed E-state index contributed by atoms with van der Waals surface area (Å²) in [5.74, 6) is 0.436. The van der Waals surface area contributed by atoms with Gasteiger partial charge in [-0.15, -0.1) is 0 Å². The maximum atomic E-state index is 12.4.